The van der Waals surface area contributed by atoms with Crippen molar-refractivity contribution in [2.75, 3.05) is 19.7 Å². The molecule has 2 aromatic rings. The van der Waals surface area contributed by atoms with Crippen molar-refractivity contribution >= 4 is 5.91 Å². The van der Waals surface area contributed by atoms with Gasteiger partial charge in [-0.2, -0.15) is 0 Å². The first-order chi connectivity index (χ1) is 18.3. The molecule has 0 atom stereocenters. The Bertz CT molecular complexity index is 934. The molecule has 212 valence electrons. The molecule has 1 amide bonds. The number of rotatable bonds is 13. The SMILES string of the molecule is CC(=O)NCCCNC1(c2cccc(C(C)C)c2)CCCCC1.CCCCCCOc1cc(C)cc(F)c1. The number of carbonyl (C=O) groups excluding carboxylic acids is 1. The first-order valence-electron chi connectivity index (χ1n) is 14.8. The molecule has 2 aromatic carbocycles. The number of amides is 1. The number of aryl methyl sites for hydroxylation is 1. The summed E-state index contributed by atoms with van der Waals surface area (Å²) in [5.41, 5.74) is 3.90. The lowest BCUT2D eigenvalue weighted by Crippen LogP contribution is -2.45. The van der Waals surface area contributed by atoms with Crippen molar-refractivity contribution < 1.29 is 13.9 Å². The maximum Gasteiger partial charge on any atom is 0.216 e. The zero-order valence-corrected chi connectivity index (χ0v) is 24.5. The van der Waals surface area contributed by atoms with E-state index in [9.17, 15) is 9.18 Å². The molecule has 5 heteroatoms. The van der Waals surface area contributed by atoms with Gasteiger partial charge in [-0.15, -0.1) is 0 Å². The van der Waals surface area contributed by atoms with E-state index in [1.807, 2.05) is 13.0 Å². The molecule has 0 saturated heterocycles. The van der Waals surface area contributed by atoms with Crippen LogP contribution in [-0.2, 0) is 10.3 Å². The molecule has 1 saturated carbocycles. The molecule has 0 spiro atoms. The van der Waals surface area contributed by atoms with Crippen molar-refractivity contribution in [1.29, 1.82) is 0 Å². The second kappa shape index (κ2) is 17.2. The van der Waals surface area contributed by atoms with Crippen LogP contribution in [-0.4, -0.2) is 25.6 Å². The highest BCUT2D eigenvalue weighted by atomic mass is 19.1. The minimum absolute atomic E-state index is 0.0574. The summed E-state index contributed by atoms with van der Waals surface area (Å²) < 4.78 is 18.5. The van der Waals surface area contributed by atoms with Crippen LogP contribution in [0.25, 0.3) is 0 Å². The Balaban J connectivity index is 0.000000293. The average molecular weight is 527 g/mol. The van der Waals surface area contributed by atoms with Gasteiger partial charge in [-0.1, -0.05) is 83.6 Å². The molecule has 1 aliphatic carbocycles. The monoisotopic (exact) mass is 526 g/mol. The summed E-state index contributed by atoms with van der Waals surface area (Å²) >= 11 is 0. The fraction of sp³-hybridized carbons (Fsp3) is 0.606. The number of hydrogen-bond acceptors (Lipinski definition) is 3. The van der Waals surface area contributed by atoms with Crippen LogP contribution in [0.2, 0.25) is 0 Å². The van der Waals surface area contributed by atoms with Gasteiger partial charge in [0.15, 0.2) is 0 Å². The predicted octanol–water partition coefficient (Wildman–Crippen LogP) is 8.18. The minimum atomic E-state index is -0.224. The largest absolute Gasteiger partial charge is 0.493 e. The van der Waals surface area contributed by atoms with E-state index in [1.54, 1.807) is 6.92 Å². The Kier molecular flexibility index (Phi) is 14.4. The standard InChI is InChI=1S/C20H32N2O.C13H19FO/c1-16(2)18-9-7-10-19(15-18)20(11-5-4-6-12-20)22-14-8-13-21-17(3)23;1-3-4-5-6-7-15-13-9-11(2)8-12(14)10-13/h7,9-10,15-16,22H,4-6,8,11-14H2,1-3H3,(H,21,23);8-10H,3-7H2,1-2H3. The smallest absolute Gasteiger partial charge is 0.216 e. The highest BCUT2D eigenvalue weighted by Gasteiger charge is 2.33. The highest BCUT2D eigenvalue weighted by Crippen LogP contribution is 2.38. The van der Waals surface area contributed by atoms with Crippen molar-refractivity contribution in [1.82, 2.24) is 10.6 Å². The van der Waals surface area contributed by atoms with Crippen LogP contribution in [0.3, 0.4) is 0 Å². The molecule has 0 bridgehead atoms. The number of hydrogen-bond donors (Lipinski definition) is 2. The predicted molar refractivity (Wildman–Crippen MR) is 157 cm³/mol. The van der Waals surface area contributed by atoms with Crippen LogP contribution < -0.4 is 15.4 Å². The van der Waals surface area contributed by atoms with E-state index in [0.29, 0.717) is 18.3 Å². The van der Waals surface area contributed by atoms with Gasteiger partial charge in [0, 0.05) is 25.1 Å². The lowest BCUT2D eigenvalue weighted by molar-refractivity contribution is -0.118. The number of unbranched alkanes of at least 4 members (excludes halogenated alkanes) is 3. The van der Waals surface area contributed by atoms with E-state index in [2.05, 4.69) is 55.7 Å². The lowest BCUT2D eigenvalue weighted by Gasteiger charge is -2.39. The zero-order chi connectivity index (χ0) is 27.8. The highest BCUT2D eigenvalue weighted by molar-refractivity contribution is 5.72. The van der Waals surface area contributed by atoms with E-state index in [0.717, 1.165) is 31.5 Å². The first kappa shape index (κ1) is 31.8. The van der Waals surface area contributed by atoms with Crippen molar-refractivity contribution in [2.24, 2.45) is 0 Å². The van der Waals surface area contributed by atoms with Gasteiger partial charge in [0.1, 0.15) is 11.6 Å². The normalized spacial score (nSPS) is 14.5. The Labute approximate surface area is 231 Å². The fourth-order valence-electron chi connectivity index (χ4n) is 5.10. The zero-order valence-electron chi connectivity index (χ0n) is 24.5. The lowest BCUT2D eigenvalue weighted by atomic mass is 9.75. The molecule has 0 aromatic heterocycles. The molecule has 0 unspecified atom stereocenters. The van der Waals surface area contributed by atoms with Crippen molar-refractivity contribution in [3.05, 3.63) is 65.0 Å². The van der Waals surface area contributed by atoms with E-state index in [-0.39, 0.29) is 17.3 Å². The third-order valence-electron chi connectivity index (χ3n) is 7.29. The second-order valence-electron chi connectivity index (χ2n) is 11.1. The van der Waals surface area contributed by atoms with Gasteiger partial charge in [0.05, 0.1) is 6.61 Å². The van der Waals surface area contributed by atoms with Gasteiger partial charge in [-0.3, -0.25) is 4.79 Å². The molecule has 0 heterocycles. The summed E-state index contributed by atoms with van der Waals surface area (Å²) in [5, 5.41) is 6.72. The molecule has 0 aliphatic heterocycles. The number of nitrogens with one attached hydrogen (secondary N) is 2. The fourth-order valence-corrected chi connectivity index (χ4v) is 5.10. The Hall–Kier alpha value is -2.40. The summed E-state index contributed by atoms with van der Waals surface area (Å²) in [7, 11) is 0. The van der Waals surface area contributed by atoms with E-state index < -0.39 is 0 Å². The van der Waals surface area contributed by atoms with Crippen molar-refractivity contribution in [3.63, 3.8) is 0 Å². The maximum absolute atomic E-state index is 13.0. The van der Waals surface area contributed by atoms with Crippen LogP contribution in [0, 0.1) is 12.7 Å². The van der Waals surface area contributed by atoms with Gasteiger partial charge >= 0.3 is 0 Å². The van der Waals surface area contributed by atoms with Crippen molar-refractivity contribution in [2.45, 2.75) is 110 Å². The topological polar surface area (TPSA) is 50.4 Å². The molecular formula is C33H51FN2O2. The van der Waals surface area contributed by atoms with Crippen LogP contribution in [0.4, 0.5) is 4.39 Å². The van der Waals surface area contributed by atoms with Crippen LogP contribution >= 0.6 is 0 Å². The van der Waals surface area contributed by atoms with E-state index >= 15 is 0 Å². The van der Waals surface area contributed by atoms with E-state index in [4.69, 9.17) is 4.74 Å². The van der Waals surface area contributed by atoms with Gasteiger partial charge < -0.3 is 15.4 Å². The number of carbonyl (C=O) groups is 1. The average Bonchev–Trinajstić information content (AvgIpc) is 2.89. The quantitative estimate of drug-likeness (QED) is 0.259. The molecule has 38 heavy (non-hydrogen) atoms. The molecule has 2 N–H and O–H groups in total. The second-order valence-corrected chi connectivity index (χ2v) is 11.1. The minimum Gasteiger partial charge on any atom is -0.493 e. The van der Waals surface area contributed by atoms with Gasteiger partial charge in [-0.05, 0) is 73.9 Å². The first-order valence-corrected chi connectivity index (χ1v) is 14.8. The molecule has 3 rings (SSSR count). The van der Waals surface area contributed by atoms with Gasteiger partial charge in [0.2, 0.25) is 5.91 Å². The maximum atomic E-state index is 13.0. The number of halogens is 1. The van der Waals surface area contributed by atoms with Crippen LogP contribution in [0.1, 0.15) is 115 Å². The number of ether oxygens (including phenoxy) is 1. The summed E-state index contributed by atoms with van der Waals surface area (Å²) in [6, 6.07) is 13.9. The Morgan fingerprint density at radius 3 is 2.42 bits per heavy atom. The van der Waals surface area contributed by atoms with Crippen molar-refractivity contribution in [3.8, 4) is 5.75 Å². The molecular weight excluding hydrogens is 475 g/mol. The van der Waals surface area contributed by atoms with Crippen LogP contribution in [0.5, 0.6) is 5.75 Å². The third-order valence-corrected chi connectivity index (χ3v) is 7.29. The number of benzene rings is 2. The Morgan fingerprint density at radius 1 is 1.00 bits per heavy atom. The summed E-state index contributed by atoms with van der Waals surface area (Å²) in [6.07, 6.45) is 12.0. The molecule has 0 radical (unpaired) electrons. The summed E-state index contributed by atoms with van der Waals surface area (Å²) in [4.78, 5) is 11.0. The van der Waals surface area contributed by atoms with Gasteiger partial charge in [0.25, 0.3) is 0 Å². The Morgan fingerprint density at radius 2 is 1.76 bits per heavy atom. The van der Waals surface area contributed by atoms with E-state index in [1.165, 1.54) is 74.6 Å². The molecule has 1 fully saturated rings. The molecule has 1 aliphatic rings. The molecule has 4 nitrogen and oxygen atoms in total. The summed E-state index contributed by atoms with van der Waals surface area (Å²) in [6.45, 7) is 12.5. The third kappa shape index (κ3) is 11.6. The van der Waals surface area contributed by atoms with Gasteiger partial charge in [-0.25, -0.2) is 4.39 Å². The van der Waals surface area contributed by atoms with Crippen LogP contribution in [0.15, 0.2) is 42.5 Å². The summed E-state index contributed by atoms with van der Waals surface area (Å²) in [5.74, 6) is 1.04.